The second kappa shape index (κ2) is 8.62. The van der Waals surface area contributed by atoms with Gasteiger partial charge in [-0.3, -0.25) is 0 Å². The van der Waals surface area contributed by atoms with Gasteiger partial charge in [-0.15, -0.1) is 10.2 Å². The smallest absolute Gasteiger partial charge is 0.349 e. The summed E-state index contributed by atoms with van der Waals surface area (Å²) in [6.45, 7) is 0. The first-order valence-corrected chi connectivity index (χ1v) is 10.6. The Morgan fingerprint density at radius 2 is 2.00 bits per heavy atom. The van der Waals surface area contributed by atoms with E-state index in [4.69, 9.17) is 0 Å². The third-order valence-corrected chi connectivity index (χ3v) is 5.70. The molecule has 0 atom stereocenters. The van der Waals surface area contributed by atoms with E-state index in [-0.39, 0.29) is 5.70 Å². The molecule has 0 fully saturated rings. The van der Waals surface area contributed by atoms with Gasteiger partial charge in [0.15, 0.2) is 0 Å². The van der Waals surface area contributed by atoms with Crippen LogP contribution in [0.1, 0.15) is 11.4 Å². The Morgan fingerprint density at radius 1 is 1.19 bits per heavy atom. The molecule has 0 unspecified atom stereocenters. The van der Waals surface area contributed by atoms with E-state index in [2.05, 4.69) is 14.6 Å². The molecular weight excluding hydrogens is 437 g/mol. The number of anilines is 1. The Balaban J connectivity index is 1.74. The Bertz CT molecular complexity index is 1190. The van der Waals surface area contributed by atoms with E-state index in [0.717, 1.165) is 34.4 Å². The van der Waals surface area contributed by atoms with Crippen LogP contribution in [0.15, 0.2) is 71.8 Å². The molecule has 3 aromatic rings. The van der Waals surface area contributed by atoms with Gasteiger partial charge in [-0.05, 0) is 53.5 Å². The fourth-order valence-corrected chi connectivity index (χ4v) is 3.95. The predicted octanol–water partition coefficient (Wildman–Crippen LogP) is 4.75. The Labute approximate surface area is 187 Å². The summed E-state index contributed by atoms with van der Waals surface area (Å²) in [5.74, 6) is 0.784. The molecular formula is C22H21F3N6S. The van der Waals surface area contributed by atoms with Crippen molar-refractivity contribution in [2.75, 3.05) is 19.0 Å². The molecule has 0 radical (unpaired) electrons. The molecule has 3 heterocycles. The minimum atomic E-state index is -4.45. The second-order valence-electron chi connectivity index (χ2n) is 7.46. The molecule has 0 saturated heterocycles. The minimum Gasteiger partial charge on any atom is -0.349 e. The fourth-order valence-electron chi connectivity index (χ4n) is 3.42. The van der Waals surface area contributed by atoms with Crippen LogP contribution in [0.25, 0.3) is 11.3 Å². The van der Waals surface area contributed by atoms with Crippen LogP contribution >= 0.6 is 11.5 Å². The van der Waals surface area contributed by atoms with E-state index in [1.807, 2.05) is 41.3 Å². The highest BCUT2D eigenvalue weighted by Gasteiger charge is 2.37. The molecule has 0 spiro atoms. The first-order valence-electron chi connectivity index (χ1n) is 9.73. The molecule has 1 aliphatic heterocycles. The van der Waals surface area contributed by atoms with E-state index in [9.17, 15) is 13.2 Å². The van der Waals surface area contributed by atoms with Gasteiger partial charge in [0.05, 0.1) is 17.0 Å². The Hall–Kier alpha value is -3.40. The molecule has 0 amide bonds. The summed E-state index contributed by atoms with van der Waals surface area (Å²) in [6.07, 6.45) is 3.28. The summed E-state index contributed by atoms with van der Waals surface area (Å²) in [5.41, 5.74) is 2.76. The van der Waals surface area contributed by atoms with E-state index >= 15 is 0 Å². The van der Waals surface area contributed by atoms with Gasteiger partial charge in [0.2, 0.25) is 0 Å². The Morgan fingerprint density at radius 3 is 2.66 bits per heavy atom. The standard InChI is InChI=1S/C22H21F3N6S/c1-29-7-4-5-18(22(23,24)25)20(29)13-30(2)17-10-15(11-21-27-26-14-31(21)3)9-16(12-17)19-6-8-32-28-19/h4-10,12-14H,11H2,1-3H3/b20-13-. The van der Waals surface area contributed by atoms with Crippen LogP contribution < -0.4 is 4.90 Å². The van der Waals surface area contributed by atoms with Crippen molar-refractivity contribution in [2.45, 2.75) is 12.6 Å². The van der Waals surface area contributed by atoms with Crippen LogP contribution in [-0.2, 0) is 13.5 Å². The number of benzene rings is 1. The van der Waals surface area contributed by atoms with E-state index < -0.39 is 11.7 Å². The van der Waals surface area contributed by atoms with Crippen LogP contribution in [0, 0.1) is 0 Å². The van der Waals surface area contributed by atoms with Gasteiger partial charge in [0.25, 0.3) is 0 Å². The zero-order valence-corrected chi connectivity index (χ0v) is 18.5. The van der Waals surface area contributed by atoms with E-state index in [0.29, 0.717) is 6.42 Å². The van der Waals surface area contributed by atoms with Crippen LogP contribution in [0.4, 0.5) is 18.9 Å². The number of hydrogen-bond donors (Lipinski definition) is 0. The summed E-state index contributed by atoms with van der Waals surface area (Å²) in [6, 6.07) is 7.79. The molecule has 0 bridgehead atoms. The van der Waals surface area contributed by atoms with Crippen LogP contribution in [0.5, 0.6) is 0 Å². The highest BCUT2D eigenvalue weighted by atomic mass is 32.1. The van der Waals surface area contributed by atoms with Gasteiger partial charge < -0.3 is 14.4 Å². The summed E-state index contributed by atoms with van der Waals surface area (Å²) < 4.78 is 47.0. The minimum absolute atomic E-state index is 0.0661. The van der Waals surface area contributed by atoms with Crippen molar-refractivity contribution in [3.63, 3.8) is 0 Å². The average molecular weight is 459 g/mol. The number of hydrogen-bond acceptors (Lipinski definition) is 6. The normalized spacial score (nSPS) is 15.4. The molecule has 4 rings (SSSR count). The number of aryl methyl sites for hydroxylation is 1. The molecule has 2 aromatic heterocycles. The lowest BCUT2D eigenvalue weighted by Crippen LogP contribution is -2.26. The topological polar surface area (TPSA) is 50.1 Å². The molecule has 0 saturated carbocycles. The van der Waals surface area contributed by atoms with E-state index in [1.165, 1.54) is 28.7 Å². The SMILES string of the molecule is CN1C=CC=C(C(F)(F)F)/C1=C/N(C)c1cc(Cc2nncn2C)cc(-c2ccsn2)c1. The van der Waals surface area contributed by atoms with Crippen molar-refractivity contribution in [2.24, 2.45) is 7.05 Å². The fraction of sp³-hybridized carbons (Fsp3) is 0.227. The van der Waals surface area contributed by atoms with Crippen molar-refractivity contribution in [3.8, 4) is 11.3 Å². The molecule has 166 valence electrons. The maximum atomic E-state index is 13.6. The van der Waals surface area contributed by atoms with Crippen molar-refractivity contribution < 1.29 is 13.2 Å². The quantitative estimate of drug-likeness (QED) is 0.552. The Kier molecular flexibility index (Phi) is 5.88. The lowest BCUT2D eigenvalue weighted by Gasteiger charge is -2.28. The number of aromatic nitrogens is 4. The summed E-state index contributed by atoms with van der Waals surface area (Å²) in [4.78, 5) is 3.16. The monoisotopic (exact) mass is 458 g/mol. The van der Waals surface area contributed by atoms with Gasteiger partial charge in [-0.2, -0.15) is 17.5 Å². The second-order valence-corrected chi connectivity index (χ2v) is 8.13. The van der Waals surface area contributed by atoms with E-state index in [1.54, 1.807) is 31.5 Å². The lowest BCUT2D eigenvalue weighted by molar-refractivity contribution is -0.0910. The molecule has 0 N–H and O–H groups in total. The van der Waals surface area contributed by atoms with Gasteiger partial charge >= 0.3 is 6.18 Å². The number of alkyl halides is 3. The third-order valence-electron chi connectivity index (χ3n) is 5.14. The summed E-state index contributed by atoms with van der Waals surface area (Å²) in [7, 11) is 5.20. The van der Waals surface area contributed by atoms with Crippen molar-refractivity contribution >= 4 is 17.2 Å². The molecule has 1 aliphatic rings. The van der Waals surface area contributed by atoms with Crippen molar-refractivity contribution in [1.82, 2.24) is 24.0 Å². The summed E-state index contributed by atoms with van der Waals surface area (Å²) in [5, 5.41) is 9.96. The molecule has 10 heteroatoms. The highest BCUT2D eigenvalue weighted by molar-refractivity contribution is 7.03. The molecule has 1 aromatic carbocycles. The van der Waals surface area contributed by atoms with Gasteiger partial charge in [0.1, 0.15) is 12.2 Å². The lowest BCUT2D eigenvalue weighted by atomic mass is 10.0. The highest BCUT2D eigenvalue weighted by Crippen LogP contribution is 2.35. The maximum Gasteiger partial charge on any atom is 0.418 e. The number of rotatable bonds is 5. The number of likely N-dealkylation sites (N-methyl/N-ethyl adjacent to an activating group) is 1. The maximum absolute atomic E-state index is 13.6. The first kappa shape index (κ1) is 21.8. The van der Waals surface area contributed by atoms with Crippen LogP contribution in [-0.4, -0.2) is 44.3 Å². The van der Waals surface area contributed by atoms with Crippen LogP contribution in [0.3, 0.4) is 0 Å². The molecule has 32 heavy (non-hydrogen) atoms. The predicted molar refractivity (Wildman–Crippen MR) is 119 cm³/mol. The van der Waals surface area contributed by atoms with Crippen molar-refractivity contribution in [3.05, 3.63) is 83.2 Å². The number of halogens is 3. The molecule has 0 aliphatic carbocycles. The molecule has 6 nitrogen and oxygen atoms in total. The zero-order valence-electron chi connectivity index (χ0n) is 17.7. The van der Waals surface area contributed by atoms with Gasteiger partial charge in [0, 0.05) is 56.6 Å². The third kappa shape index (κ3) is 4.59. The number of nitrogens with zero attached hydrogens (tertiary/aromatic N) is 6. The largest absolute Gasteiger partial charge is 0.418 e. The average Bonchev–Trinajstić information content (AvgIpc) is 3.41. The summed E-state index contributed by atoms with van der Waals surface area (Å²) >= 11 is 1.35. The van der Waals surface area contributed by atoms with Crippen LogP contribution in [0.2, 0.25) is 0 Å². The van der Waals surface area contributed by atoms with Gasteiger partial charge in [-0.25, -0.2) is 0 Å². The van der Waals surface area contributed by atoms with Crippen molar-refractivity contribution in [1.29, 1.82) is 0 Å². The number of allylic oxidation sites excluding steroid dienone is 3. The van der Waals surface area contributed by atoms with Gasteiger partial charge in [-0.1, -0.05) is 0 Å². The first-order chi connectivity index (χ1) is 15.2. The zero-order chi connectivity index (χ0) is 22.9.